The Bertz CT molecular complexity index is 1080. The zero-order valence-corrected chi connectivity index (χ0v) is 24.5. The fourth-order valence-electron chi connectivity index (χ4n) is 4.03. The van der Waals surface area contributed by atoms with Crippen molar-refractivity contribution in [3.05, 3.63) is 65.7 Å². The van der Waals surface area contributed by atoms with Crippen molar-refractivity contribution in [3.63, 3.8) is 0 Å². The molecule has 0 radical (unpaired) electrons. The number of nitrogens with one attached hydrogen (secondary N) is 2. The van der Waals surface area contributed by atoms with E-state index in [9.17, 15) is 19.5 Å². The second-order valence-corrected chi connectivity index (χ2v) is 11.2. The van der Waals surface area contributed by atoms with Gasteiger partial charge in [0.15, 0.2) is 0 Å². The van der Waals surface area contributed by atoms with E-state index in [1.165, 1.54) is 0 Å². The number of nitrogens with zero attached hydrogens (tertiary/aromatic N) is 1. The maximum absolute atomic E-state index is 13.0. The zero-order chi connectivity index (χ0) is 27.2. The number of hydrogen-bond acceptors (Lipinski definition) is 6. The molecule has 1 saturated heterocycles. The van der Waals surface area contributed by atoms with Gasteiger partial charge in [-0.25, -0.2) is 0 Å². The van der Waals surface area contributed by atoms with Crippen LogP contribution in [0.4, 0.5) is 0 Å². The molecular weight excluding hydrogens is 550 g/mol. The van der Waals surface area contributed by atoms with Gasteiger partial charge in [0.1, 0.15) is 11.8 Å². The zero-order valence-electron chi connectivity index (χ0n) is 22.8. The van der Waals surface area contributed by atoms with E-state index >= 15 is 0 Å². The molecule has 2 amide bonds. The summed E-state index contributed by atoms with van der Waals surface area (Å²) in [6.45, 7) is 10.4. The molecule has 0 bridgehead atoms. The van der Waals surface area contributed by atoms with Gasteiger partial charge in [-0.15, -0.1) is 17.0 Å². The van der Waals surface area contributed by atoms with E-state index in [-0.39, 0.29) is 41.3 Å². The molecule has 1 aliphatic heterocycles. The largest absolute Gasteiger partial charge is 0.426 e. The number of likely N-dealkylation sites (tertiary alicyclic amines) is 1. The maximum atomic E-state index is 13.0. The van der Waals surface area contributed by atoms with Crippen LogP contribution in [0.3, 0.4) is 0 Å². The van der Waals surface area contributed by atoms with Crippen molar-refractivity contribution in [1.82, 2.24) is 15.5 Å². The summed E-state index contributed by atoms with van der Waals surface area (Å²) in [7, 11) is 0. The molecule has 0 aliphatic carbocycles. The van der Waals surface area contributed by atoms with Gasteiger partial charge in [0.05, 0.1) is 11.5 Å². The Morgan fingerprint density at radius 1 is 1.03 bits per heavy atom. The van der Waals surface area contributed by atoms with Gasteiger partial charge in [0, 0.05) is 30.7 Å². The van der Waals surface area contributed by atoms with Crippen LogP contribution >= 0.6 is 17.0 Å². The van der Waals surface area contributed by atoms with E-state index in [0.29, 0.717) is 36.4 Å². The first kappa shape index (κ1) is 31.5. The lowest BCUT2D eigenvalue weighted by atomic mass is 9.97. The number of β-amino-alcohol motifs (C(OH)–C–C–N with tert-alkyl or cyclic N) is 1. The van der Waals surface area contributed by atoms with Crippen LogP contribution in [0.2, 0.25) is 0 Å². The third kappa shape index (κ3) is 8.64. The molecule has 1 fully saturated rings. The Labute approximate surface area is 235 Å². The molecule has 208 valence electrons. The highest BCUT2D eigenvalue weighted by Crippen LogP contribution is 2.23. The minimum absolute atomic E-state index is 0. The molecule has 2 atom stereocenters. The molecular formula is C29H40BrN3O5. The van der Waals surface area contributed by atoms with Gasteiger partial charge < -0.3 is 25.4 Å². The Morgan fingerprint density at radius 2 is 1.66 bits per heavy atom. The van der Waals surface area contributed by atoms with Crippen molar-refractivity contribution in [2.45, 2.75) is 65.1 Å². The summed E-state index contributed by atoms with van der Waals surface area (Å²) in [5, 5.41) is 16.9. The van der Waals surface area contributed by atoms with Crippen molar-refractivity contribution in [2.24, 2.45) is 5.41 Å². The molecule has 9 heteroatoms. The second-order valence-electron chi connectivity index (χ2n) is 11.2. The van der Waals surface area contributed by atoms with Crippen molar-refractivity contribution >= 4 is 34.8 Å². The van der Waals surface area contributed by atoms with Crippen LogP contribution < -0.4 is 15.4 Å². The summed E-state index contributed by atoms with van der Waals surface area (Å²) >= 11 is 0. The molecule has 0 spiro atoms. The molecule has 2 aromatic carbocycles. The van der Waals surface area contributed by atoms with E-state index < -0.39 is 23.1 Å². The fourth-order valence-corrected chi connectivity index (χ4v) is 4.03. The number of aliphatic hydroxyl groups is 1. The molecule has 3 N–H and O–H groups in total. The maximum Gasteiger partial charge on any atom is 0.316 e. The van der Waals surface area contributed by atoms with Crippen molar-refractivity contribution in [3.8, 4) is 5.75 Å². The summed E-state index contributed by atoms with van der Waals surface area (Å²) < 4.78 is 5.37. The first-order valence-electron chi connectivity index (χ1n) is 12.8. The highest BCUT2D eigenvalue weighted by atomic mass is 79.9. The molecule has 2 aromatic rings. The average molecular weight is 591 g/mol. The van der Waals surface area contributed by atoms with E-state index in [1.54, 1.807) is 62.1 Å². The number of hydrogen-bond donors (Lipinski definition) is 3. The first-order chi connectivity index (χ1) is 17.4. The SMILES string of the molecule is Br.CC(C)(CNC(=O)C1CCCN1C(=O)c1ccccc1)NCC(O)c1ccc(OC(=O)C(C)(C)C)cc1. The van der Waals surface area contributed by atoms with Crippen molar-refractivity contribution in [1.29, 1.82) is 0 Å². The van der Waals surface area contributed by atoms with Gasteiger partial charge in [-0.2, -0.15) is 0 Å². The lowest BCUT2D eigenvalue weighted by Gasteiger charge is -2.30. The van der Waals surface area contributed by atoms with Crippen LogP contribution in [0.1, 0.15) is 69.5 Å². The van der Waals surface area contributed by atoms with Crippen molar-refractivity contribution in [2.75, 3.05) is 19.6 Å². The fraction of sp³-hybridized carbons (Fsp3) is 0.483. The number of rotatable bonds is 9. The summed E-state index contributed by atoms with van der Waals surface area (Å²) in [6.07, 6.45) is 0.646. The van der Waals surface area contributed by atoms with Gasteiger partial charge >= 0.3 is 5.97 Å². The Balaban J connectivity index is 0.00000507. The normalized spacial score (nSPS) is 16.4. The Kier molecular flexibility index (Phi) is 11.1. The number of carbonyl (C=O) groups excluding carboxylic acids is 3. The number of esters is 1. The molecule has 8 nitrogen and oxygen atoms in total. The van der Waals surface area contributed by atoms with Crippen molar-refractivity contribution < 1.29 is 24.2 Å². The predicted molar refractivity (Wildman–Crippen MR) is 152 cm³/mol. The quantitative estimate of drug-likeness (QED) is 0.301. The third-order valence-corrected chi connectivity index (χ3v) is 6.40. The Hall–Kier alpha value is -2.75. The van der Waals surface area contributed by atoms with Crippen LogP contribution in [0, 0.1) is 5.41 Å². The highest BCUT2D eigenvalue weighted by Gasteiger charge is 2.35. The van der Waals surface area contributed by atoms with Crippen LogP contribution in [-0.2, 0) is 9.59 Å². The van der Waals surface area contributed by atoms with Crippen LogP contribution in [0.25, 0.3) is 0 Å². The highest BCUT2D eigenvalue weighted by molar-refractivity contribution is 8.93. The number of benzene rings is 2. The predicted octanol–water partition coefficient (Wildman–Crippen LogP) is 4.04. The molecule has 3 rings (SSSR count). The van der Waals surface area contributed by atoms with Gasteiger partial charge in [0.25, 0.3) is 5.91 Å². The number of aliphatic hydroxyl groups excluding tert-OH is 1. The van der Waals surface area contributed by atoms with Crippen LogP contribution in [-0.4, -0.2) is 59.0 Å². The standard InChI is InChI=1S/C29H39N3O5.BrH/c1-28(2,3)27(36)37-22-15-13-20(14-16-22)24(33)18-31-29(4,5)19-30-25(34)23-12-9-17-32(23)26(35)21-10-7-6-8-11-21;/h6-8,10-11,13-16,23-24,31,33H,9,12,17-19H2,1-5H3,(H,30,34);1H. The summed E-state index contributed by atoms with van der Waals surface area (Å²) in [5.74, 6) is -0.189. The monoisotopic (exact) mass is 589 g/mol. The molecule has 38 heavy (non-hydrogen) atoms. The van der Waals surface area contributed by atoms with E-state index in [0.717, 1.165) is 6.42 Å². The Morgan fingerprint density at radius 3 is 2.26 bits per heavy atom. The van der Waals surface area contributed by atoms with E-state index in [4.69, 9.17) is 4.74 Å². The minimum Gasteiger partial charge on any atom is -0.426 e. The average Bonchev–Trinajstić information content (AvgIpc) is 3.36. The summed E-state index contributed by atoms with van der Waals surface area (Å²) in [4.78, 5) is 39.5. The first-order valence-corrected chi connectivity index (χ1v) is 12.8. The second kappa shape index (κ2) is 13.4. The van der Waals surface area contributed by atoms with Crippen LogP contribution in [0.5, 0.6) is 5.75 Å². The topological polar surface area (TPSA) is 108 Å². The molecule has 1 heterocycles. The van der Waals surface area contributed by atoms with Gasteiger partial charge in [0.2, 0.25) is 5.91 Å². The lowest BCUT2D eigenvalue weighted by Crippen LogP contribution is -2.53. The summed E-state index contributed by atoms with van der Waals surface area (Å²) in [6, 6.07) is 15.3. The molecule has 1 aliphatic rings. The smallest absolute Gasteiger partial charge is 0.316 e. The van der Waals surface area contributed by atoms with Crippen LogP contribution in [0.15, 0.2) is 54.6 Å². The third-order valence-electron chi connectivity index (χ3n) is 6.40. The minimum atomic E-state index is -0.781. The van der Waals surface area contributed by atoms with E-state index in [1.807, 2.05) is 32.0 Å². The van der Waals surface area contributed by atoms with Gasteiger partial charge in [-0.3, -0.25) is 14.4 Å². The van der Waals surface area contributed by atoms with Gasteiger partial charge in [-0.1, -0.05) is 30.3 Å². The molecule has 2 unspecified atom stereocenters. The molecule has 0 aromatic heterocycles. The number of ether oxygens (including phenoxy) is 1. The molecule has 0 saturated carbocycles. The summed E-state index contributed by atoms with van der Waals surface area (Å²) in [5.41, 5.74) is 0.171. The van der Waals surface area contributed by atoms with Gasteiger partial charge in [-0.05, 0) is 77.3 Å². The lowest BCUT2D eigenvalue weighted by molar-refractivity contribution is -0.143. The van der Waals surface area contributed by atoms with E-state index in [2.05, 4.69) is 10.6 Å². The number of carbonyl (C=O) groups is 3. The number of amides is 2. The number of halogens is 1.